The lowest BCUT2D eigenvalue weighted by molar-refractivity contribution is -0.181. The van der Waals surface area contributed by atoms with E-state index >= 15 is 0 Å². The van der Waals surface area contributed by atoms with E-state index < -0.39 is 16.8 Å². The summed E-state index contributed by atoms with van der Waals surface area (Å²) in [5.74, 6) is -0.665. The van der Waals surface area contributed by atoms with Crippen LogP contribution < -0.4 is 5.56 Å². The number of hydrogen-bond acceptors (Lipinski definition) is 6. The molecule has 1 unspecified atom stereocenters. The molecule has 5 rings (SSSR count). The van der Waals surface area contributed by atoms with Crippen molar-refractivity contribution in [1.82, 2.24) is 9.55 Å². The summed E-state index contributed by atoms with van der Waals surface area (Å²) in [6.45, 7) is 11.6. The van der Waals surface area contributed by atoms with Crippen molar-refractivity contribution in [2.24, 2.45) is 0 Å². The van der Waals surface area contributed by atoms with E-state index in [4.69, 9.17) is 9.72 Å². The minimum Gasteiger partial charge on any atom is -0.507 e. The molecule has 1 aromatic carbocycles. The van der Waals surface area contributed by atoms with Crippen molar-refractivity contribution in [3.63, 3.8) is 0 Å². The predicted molar refractivity (Wildman–Crippen MR) is 129 cm³/mol. The van der Waals surface area contributed by atoms with Crippen LogP contribution in [0.25, 0.3) is 22.3 Å². The van der Waals surface area contributed by atoms with Crippen molar-refractivity contribution in [2.75, 3.05) is 0 Å². The second-order valence-electron chi connectivity index (χ2n) is 10.5. The molecule has 2 aromatic heterocycles. The van der Waals surface area contributed by atoms with E-state index in [0.29, 0.717) is 27.9 Å². The number of aromatic hydroxyl groups is 1. The van der Waals surface area contributed by atoms with E-state index in [1.807, 2.05) is 12.1 Å². The Labute approximate surface area is 200 Å². The highest BCUT2D eigenvalue weighted by Crippen LogP contribution is 2.46. The Bertz CT molecular complexity index is 1480. The fourth-order valence-electron chi connectivity index (χ4n) is 5.40. The predicted octanol–water partition coefficient (Wildman–Crippen LogP) is 3.23. The molecule has 7 nitrogen and oxygen atoms in total. The summed E-state index contributed by atoms with van der Waals surface area (Å²) in [6.07, 6.45) is 0.0604. The van der Waals surface area contributed by atoms with Gasteiger partial charge in [-0.25, -0.2) is 9.78 Å². The van der Waals surface area contributed by atoms with E-state index in [2.05, 4.69) is 31.0 Å². The highest BCUT2D eigenvalue weighted by atomic mass is 28.1. The number of pyridine rings is 2. The number of aliphatic hydroxyl groups is 1. The molecule has 3 radical (unpaired) electrons. The quantitative estimate of drug-likeness (QED) is 0.324. The summed E-state index contributed by atoms with van der Waals surface area (Å²) in [4.78, 5) is 31.6. The van der Waals surface area contributed by atoms with Gasteiger partial charge in [-0.2, -0.15) is 0 Å². The fourth-order valence-corrected chi connectivity index (χ4v) is 5.72. The summed E-state index contributed by atoms with van der Waals surface area (Å²) in [6, 6.07) is 5.43. The molecule has 0 aliphatic carbocycles. The first-order chi connectivity index (χ1) is 15.7. The van der Waals surface area contributed by atoms with E-state index in [1.54, 1.807) is 31.4 Å². The molecule has 0 saturated carbocycles. The Balaban J connectivity index is 1.91. The molecule has 0 fully saturated rings. The molecule has 34 heavy (non-hydrogen) atoms. The van der Waals surface area contributed by atoms with Crippen molar-refractivity contribution in [3.05, 3.63) is 56.4 Å². The van der Waals surface area contributed by atoms with Crippen LogP contribution in [0.15, 0.2) is 23.0 Å². The minimum absolute atomic E-state index is 0.0604. The van der Waals surface area contributed by atoms with Gasteiger partial charge in [-0.15, -0.1) is 0 Å². The number of cyclic esters (lactones) is 1. The zero-order chi connectivity index (χ0) is 25.0. The average molecular weight is 476 g/mol. The van der Waals surface area contributed by atoms with Crippen LogP contribution in [0.5, 0.6) is 5.75 Å². The maximum Gasteiger partial charge on any atom is 0.343 e. The van der Waals surface area contributed by atoms with Gasteiger partial charge in [0.1, 0.15) is 11.0 Å². The molecular weight excluding hydrogens is 448 g/mol. The van der Waals surface area contributed by atoms with Crippen molar-refractivity contribution in [2.45, 2.75) is 70.7 Å². The Morgan fingerprint density at radius 1 is 1.24 bits per heavy atom. The summed E-state index contributed by atoms with van der Waals surface area (Å²) >= 11 is 0. The number of nitrogens with zero attached hydrogens (tertiary/aromatic N) is 2. The zero-order valence-corrected chi connectivity index (χ0v) is 21.2. The van der Waals surface area contributed by atoms with Crippen molar-refractivity contribution in [3.8, 4) is 17.1 Å². The van der Waals surface area contributed by atoms with E-state index in [1.165, 1.54) is 0 Å². The van der Waals surface area contributed by atoms with Gasteiger partial charge in [0.15, 0.2) is 5.60 Å². The lowest BCUT2D eigenvalue weighted by Gasteiger charge is -2.41. The van der Waals surface area contributed by atoms with Crippen LogP contribution in [0.2, 0.25) is 0 Å². The largest absolute Gasteiger partial charge is 0.507 e. The van der Waals surface area contributed by atoms with Gasteiger partial charge in [0.05, 0.1) is 39.3 Å². The van der Waals surface area contributed by atoms with Gasteiger partial charge in [-0.3, -0.25) is 4.79 Å². The number of phenolic OH excluding ortho intramolecular Hbond substituents is 1. The Kier molecular flexibility index (Phi) is 4.56. The number of ether oxygens (including phenoxy) is 1. The number of hydrogen-bond donors (Lipinski definition) is 2. The van der Waals surface area contributed by atoms with Crippen LogP contribution in [0, 0.1) is 6.92 Å². The molecule has 8 heteroatoms. The van der Waals surface area contributed by atoms with Gasteiger partial charge in [-0.1, -0.05) is 33.8 Å². The van der Waals surface area contributed by atoms with E-state index in [0.717, 1.165) is 11.1 Å². The molecule has 0 amide bonds. The van der Waals surface area contributed by atoms with Gasteiger partial charge in [0.25, 0.3) is 5.56 Å². The number of aromatic nitrogens is 2. The summed E-state index contributed by atoms with van der Waals surface area (Å²) < 4.78 is 7.09. The molecule has 2 N–H and O–H groups in total. The lowest BCUT2D eigenvalue weighted by atomic mass is 9.80. The number of benzene rings is 1. The Morgan fingerprint density at radius 2 is 1.91 bits per heavy atom. The summed E-state index contributed by atoms with van der Waals surface area (Å²) in [5, 5.41) is 21.2. The van der Waals surface area contributed by atoms with Gasteiger partial charge in [0.2, 0.25) is 0 Å². The van der Waals surface area contributed by atoms with Crippen LogP contribution in [-0.2, 0) is 32.3 Å². The van der Waals surface area contributed by atoms with Crippen LogP contribution in [0.3, 0.4) is 0 Å². The van der Waals surface area contributed by atoms with Crippen LogP contribution in [0.4, 0.5) is 0 Å². The van der Waals surface area contributed by atoms with Gasteiger partial charge >= 0.3 is 5.97 Å². The third kappa shape index (κ3) is 2.81. The molecule has 3 aromatic rings. The number of carbonyl (C=O) groups is 1. The molecule has 2 atom stereocenters. The molecule has 4 heterocycles. The zero-order valence-electron chi connectivity index (χ0n) is 20.2. The van der Waals surface area contributed by atoms with Crippen LogP contribution in [-0.4, -0.2) is 36.0 Å². The number of phenols is 1. The topological polar surface area (TPSA) is 102 Å². The Morgan fingerprint density at radius 3 is 2.53 bits per heavy atom. The third-order valence-corrected chi connectivity index (χ3v) is 7.50. The van der Waals surface area contributed by atoms with E-state index in [-0.39, 0.29) is 40.8 Å². The second-order valence-corrected chi connectivity index (χ2v) is 11.5. The third-order valence-electron chi connectivity index (χ3n) is 7.15. The molecule has 0 saturated heterocycles. The van der Waals surface area contributed by atoms with Gasteiger partial charge in [0, 0.05) is 16.5 Å². The van der Waals surface area contributed by atoms with Crippen molar-refractivity contribution in [1.29, 1.82) is 0 Å². The number of esters is 1. The van der Waals surface area contributed by atoms with Crippen molar-refractivity contribution >= 4 is 27.1 Å². The lowest BCUT2D eigenvalue weighted by Crippen LogP contribution is -2.53. The smallest absolute Gasteiger partial charge is 0.343 e. The normalized spacial score (nSPS) is 23.5. The molecular formula is C26H27N2O5Si. The number of carbonyl (C=O) groups excluding carboxylic acids is 1. The van der Waals surface area contributed by atoms with Gasteiger partial charge in [-0.05, 0) is 48.9 Å². The maximum atomic E-state index is 13.8. The summed E-state index contributed by atoms with van der Waals surface area (Å²) in [7, 11) is 3.47. The van der Waals surface area contributed by atoms with Crippen LogP contribution in [0.1, 0.15) is 68.9 Å². The first-order valence-electron chi connectivity index (χ1n) is 11.4. The average Bonchev–Trinajstić information content (AvgIpc) is 3.11. The molecule has 0 spiro atoms. The first kappa shape index (κ1) is 22.8. The number of fused-ring (bicyclic) bond motifs is 5. The SMILES string of the molecule is CC[C@@]1(O)C(=O)OC(C)([Si])c2c1c(C)c1n(c2=O)Cc2cc3c(O)ccc(C(C)(C)C)c3nc2-1. The first-order valence-corrected chi connectivity index (χ1v) is 11.9. The standard InChI is InChI=1S/C26H27N2O5Si/c1-7-26(32)17-12(2)21-19-13(11-28(21)22(30)18(17)25(6,34)33-23(26)31)10-14-16(29)9-8-15(20(14)27-19)24(3,4)5/h8-10,29,32H,7,11H2,1-6H3/t25?,26-/m0/s1. The van der Waals surface area contributed by atoms with Gasteiger partial charge < -0.3 is 19.5 Å². The molecule has 2 aliphatic rings. The molecule has 0 bridgehead atoms. The fraction of sp³-hybridized carbons (Fsp3) is 0.423. The van der Waals surface area contributed by atoms with Crippen molar-refractivity contribution < 1.29 is 19.7 Å². The molecule has 2 aliphatic heterocycles. The maximum absolute atomic E-state index is 13.8. The second kappa shape index (κ2) is 6.79. The van der Waals surface area contributed by atoms with E-state index in [9.17, 15) is 19.8 Å². The minimum atomic E-state index is -1.94. The highest BCUT2D eigenvalue weighted by Gasteiger charge is 2.53. The monoisotopic (exact) mass is 475 g/mol. The summed E-state index contributed by atoms with van der Waals surface area (Å²) in [5.41, 5.74) is 2.22. The Hall–Kier alpha value is -2.97. The van der Waals surface area contributed by atoms with Crippen LogP contribution >= 0.6 is 0 Å². The highest BCUT2D eigenvalue weighted by molar-refractivity contribution is 6.16. The molecule has 175 valence electrons. The number of rotatable bonds is 1.